The second kappa shape index (κ2) is 7.33. The van der Waals surface area contributed by atoms with Crippen LogP contribution in [0.5, 0.6) is 0 Å². The number of halogens is 1. The van der Waals surface area contributed by atoms with E-state index < -0.39 is 5.60 Å². The average molecular weight is 347 g/mol. The van der Waals surface area contributed by atoms with Gasteiger partial charge in [0.1, 0.15) is 5.82 Å². The van der Waals surface area contributed by atoms with E-state index in [1.165, 1.54) is 12.1 Å². The second-order valence-corrected chi connectivity index (χ2v) is 6.64. The maximum absolute atomic E-state index is 13.0. The van der Waals surface area contributed by atoms with Crippen molar-refractivity contribution < 1.29 is 18.8 Å². The quantitative estimate of drug-likeness (QED) is 0.863. The van der Waals surface area contributed by atoms with Crippen LogP contribution in [0, 0.1) is 5.82 Å². The van der Waals surface area contributed by atoms with Gasteiger partial charge in [0.05, 0.1) is 12.7 Å². The number of benzene rings is 1. The van der Waals surface area contributed by atoms with E-state index in [4.69, 9.17) is 4.52 Å². The molecule has 6 nitrogen and oxygen atoms in total. The van der Waals surface area contributed by atoms with Crippen molar-refractivity contribution in [1.82, 2.24) is 15.0 Å². The number of amides is 1. The van der Waals surface area contributed by atoms with Crippen LogP contribution in [0.4, 0.5) is 4.39 Å². The van der Waals surface area contributed by atoms with Crippen LogP contribution in [0.25, 0.3) is 0 Å². The van der Waals surface area contributed by atoms with Gasteiger partial charge in [0, 0.05) is 25.7 Å². The van der Waals surface area contributed by atoms with Gasteiger partial charge >= 0.3 is 0 Å². The lowest BCUT2D eigenvalue weighted by atomic mass is 9.90. The molecule has 1 unspecified atom stereocenters. The van der Waals surface area contributed by atoms with Gasteiger partial charge in [0.2, 0.25) is 0 Å². The van der Waals surface area contributed by atoms with Gasteiger partial charge in [-0.15, -0.1) is 0 Å². The summed E-state index contributed by atoms with van der Waals surface area (Å²) in [6, 6.07) is 7.82. The minimum absolute atomic E-state index is 0.215. The van der Waals surface area contributed by atoms with Crippen LogP contribution in [0.1, 0.15) is 24.2 Å². The van der Waals surface area contributed by atoms with Crippen molar-refractivity contribution in [3.63, 3.8) is 0 Å². The molecule has 0 bridgehead atoms. The standard InChI is InChI=1S/C18H22FN3O3/c1-21(12-16-7-9-20-25-16)13-18(24)8-2-10-22(17(18)23)11-14-3-5-15(19)6-4-14/h3-7,9,24H,2,8,10-13H2,1H3. The Morgan fingerprint density at radius 2 is 2.12 bits per heavy atom. The van der Waals surface area contributed by atoms with Crippen molar-refractivity contribution >= 4 is 5.91 Å². The molecule has 1 fully saturated rings. The Morgan fingerprint density at radius 3 is 2.80 bits per heavy atom. The normalized spacial score (nSPS) is 21.1. The van der Waals surface area contributed by atoms with E-state index in [1.807, 2.05) is 11.9 Å². The first-order valence-electron chi connectivity index (χ1n) is 8.30. The van der Waals surface area contributed by atoms with Crippen LogP contribution in [0.15, 0.2) is 41.1 Å². The SMILES string of the molecule is CN(Cc1ccno1)CC1(O)CCCN(Cc2ccc(F)cc2)C1=O. The summed E-state index contributed by atoms with van der Waals surface area (Å²) < 4.78 is 18.1. The molecule has 1 saturated heterocycles. The number of nitrogens with zero attached hydrogens (tertiary/aromatic N) is 3. The molecule has 0 aliphatic carbocycles. The summed E-state index contributed by atoms with van der Waals surface area (Å²) >= 11 is 0. The predicted octanol–water partition coefficient (Wildman–Crippen LogP) is 1.80. The molecule has 2 heterocycles. The third kappa shape index (κ3) is 4.24. The van der Waals surface area contributed by atoms with Gasteiger partial charge in [0.15, 0.2) is 11.4 Å². The van der Waals surface area contributed by atoms with Gasteiger partial charge < -0.3 is 14.5 Å². The summed E-state index contributed by atoms with van der Waals surface area (Å²) in [5.74, 6) is 0.0873. The highest BCUT2D eigenvalue weighted by atomic mass is 19.1. The molecular formula is C18H22FN3O3. The maximum atomic E-state index is 13.0. The number of carbonyl (C=O) groups excluding carboxylic acids is 1. The van der Waals surface area contributed by atoms with Crippen molar-refractivity contribution in [2.75, 3.05) is 20.1 Å². The van der Waals surface area contributed by atoms with Crippen molar-refractivity contribution in [2.45, 2.75) is 31.5 Å². The molecule has 25 heavy (non-hydrogen) atoms. The number of rotatable bonds is 6. The summed E-state index contributed by atoms with van der Waals surface area (Å²) in [6.07, 6.45) is 2.71. The van der Waals surface area contributed by atoms with Gasteiger partial charge in [0.25, 0.3) is 5.91 Å². The minimum atomic E-state index is -1.42. The highest BCUT2D eigenvalue weighted by Gasteiger charge is 2.42. The predicted molar refractivity (Wildman–Crippen MR) is 88.8 cm³/mol. The topological polar surface area (TPSA) is 69.8 Å². The lowest BCUT2D eigenvalue weighted by Gasteiger charge is -2.40. The first-order chi connectivity index (χ1) is 12.0. The van der Waals surface area contributed by atoms with Crippen LogP contribution in [0.3, 0.4) is 0 Å². The van der Waals surface area contributed by atoms with Crippen molar-refractivity contribution in [1.29, 1.82) is 0 Å². The van der Waals surface area contributed by atoms with Crippen LogP contribution in [0.2, 0.25) is 0 Å². The monoisotopic (exact) mass is 347 g/mol. The molecule has 0 saturated carbocycles. The summed E-state index contributed by atoms with van der Waals surface area (Å²) in [5, 5.41) is 14.5. The molecule has 3 rings (SSSR count). The Labute approximate surface area is 145 Å². The van der Waals surface area contributed by atoms with E-state index in [0.717, 1.165) is 12.0 Å². The van der Waals surface area contributed by atoms with E-state index >= 15 is 0 Å². The first-order valence-corrected chi connectivity index (χ1v) is 8.30. The number of likely N-dealkylation sites (tertiary alicyclic amines) is 1. The Kier molecular flexibility index (Phi) is 5.15. The fourth-order valence-corrected chi connectivity index (χ4v) is 3.27. The highest BCUT2D eigenvalue weighted by Crippen LogP contribution is 2.25. The molecule has 1 aliphatic heterocycles. The van der Waals surface area contributed by atoms with Gasteiger partial charge in [-0.25, -0.2) is 4.39 Å². The van der Waals surface area contributed by atoms with Crippen LogP contribution < -0.4 is 0 Å². The Bertz CT molecular complexity index is 705. The van der Waals surface area contributed by atoms with Gasteiger partial charge in [-0.1, -0.05) is 17.3 Å². The summed E-state index contributed by atoms with van der Waals surface area (Å²) in [7, 11) is 1.83. The van der Waals surface area contributed by atoms with E-state index in [-0.39, 0.29) is 18.3 Å². The summed E-state index contributed by atoms with van der Waals surface area (Å²) in [6.45, 7) is 1.64. The molecule has 1 aromatic carbocycles. The zero-order valence-electron chi connectivity index (χ0n) is 14.2. The molecule has 1 amide bonds. The average Bonchev–Trinajstić information content (AvgIpc) is 3.07. The third-order valence-electron chi connectivity index (χ3n) is 4.44. The maximum Gasteiger partial charge on any atom is 0.256 e. The number of hydrogen-bond acceptors (Lipinski definition) is 5. The molecule has 1 aliphatic rings. The fourth-order valence-electron chi connectivity index (χ4n) is 3.27. The molecule has 134 valence electrons. The Morgan fingerprint density at radius 1 is 1.36 bits per heavy atom. The molecule has 0 radical (unpaired) electrons. The van der Waals surface area contributed by atoms with Crippen molar-refractivity contribution in [3.05, 3.63) is 53.7 Å². The van der Waals surface area contributed by atoms with E-state index in [0.29, 0.717) is 31.8 Å². The highest BCUT2D eigenvalue weighted by molar-refractivity contribution is 5.86. The molecule has 7 heteroatoms. The number of piperidine rings is 1. The summed E-state index contributed by atoms with van der Waals surface area (Å²) in [5.41, 5.74) is -0.582. The van der Waals surface area contributed by atoms with Gasteiger partial charge in [-0.3, -0.25) is 9.69 Å². The molecule has 1 atom stereocenters. The van der Waals surface area contributed by atoms with Crippen LogP contribution >= 0.6 is 0 Å². The number of hydrogen-bond donors (Lipinski definition) is 1. The smallest absolute Gasteiger partial charge is 0.256 e. The van der Waals surface area contributed by atoms with Crippen LogP contribution in [-0.2, 0) is 17.9 Å². The number of aromatic nitrogens is 1. The van der Waals surface area contributed by atoms with E-state index in [1.54, 1.807) is 29.3 Å². The summed E-state index contributed by atoms with van der Waals surface area (Å²) in [4.78, 5) is 16.3. The fraction of sp³-hybridized carbons (Fsp3) is 0.444. The van der Waals surface area contributed by atoms with E-state index in [2.05, 4.69) is 5.16 Å². The minimum Gasteiger partial charge on any atom is -0.379 e. The van der Waals surface area contributed by atoms with Crippen molar-refractivity contribution in [2.24, 2.45) is 0 Å². The lowest BCUT2D eigenvalue weighted by molar-refractivity contribution is -0.160. The number of aliphatic hydroxyl groups is 1. The van der Waals surface area contributed by atoms with Crippen molar-refractivity contribution in [3.8, 4) is 0 Å². The molecule has 1 N–H and O–H groups in total. The Hall–Kier alpha value is -2.25. The largest absolute Gasteiger partial charge is 0.379 e. The first kappa shape index (κ1) is 17.6. The lowest BCUT2D eigenvalue weighted by Crippen LogP contribution is -2.57. The van der Waals surface area contributed by atoms with Crippen LogP contribution in [-0.4, -0.2) is 51.7 Å². The Balaban J connectivity index is 1.64. The third-order valence-corrected chi connectivity index (χ3v) is 4.44. The molecular weight excluding hydrogens is 325 g/mol. The van der Waals surface area contributed by atoms with Gasteiger partial charge in [-0.2, -0.15) is 0 Å². The zero-order valence-corrected chi connectivity index (χ0v) is 14.2. The number of likely N-dealkylation sites (N-methyl/N-ethyl adjacent to an activating group) is 1. The van der Waals surface area contributed by atoms with E-state index in [9.17, 15) is 14.3 Å². The van der Waals surface area contributed by atoms with Gasteiger partial charge in [-0.05, 0) is 37.6 Å². The molecule has 2 aromatic rings. The zero-order chi connectivity index (χ0) is 17.9. The second-order valence-electron chi connectivity index (χ2n) is 6.64. The molecule has 1 aromatic heterocycles. The molecule has 0 spiro atoms. The number of carbonyl (C=O) groups is 1.